The Balaban J connectivity index is 2.36. The summed E-state index contributed by atoms with van der Waals surface area (Å²) in [5, 5.41) is 0. The molecule has 0 aliphatic heterocycles. The van der Waals surface area contributed by atoms with Crippen molar-refractivity contribution in [2.45, 2.75) is 19.3 Å². The van der Waals surface area contributed by atoms with E-state index in [9.17, 15) is 4.39 Å². The highest BCUT2D eigenvalue weighted by Crippen LogP contribution is 2.26. The summed E-state index contributed by atoms with van der Waals surface area (Å²) in [5.41, 5.74) is 6.97. The molecule has 5 heteroatoms. The zero-order valence-corrected chi connectivity index (χ0v) is 11.3. The first-order valence-electron chi connectivity index (χ1n) is 6.07. The second-order valence-electron chi connectivity index (χ2n) is 5.08. The molecule has 2 aromatic rings. The van der Waals surface area contributed by atoms with Crippen molar-refractivity contribution in [1.82, 2.24) is 9.97 Å². The number of nitrogens with zero attached hydrogens (tertiary/aromatic N) is 1. The van der Waals surface area contributed by atoms with Gasteiger partial charge in [0.25, 0.3) is 0 Å². The van der Waals surface area contributed by atoms with Crippen LogP contribution in [0.25, 0.3) is 11.3 Å². The highest BCUT2D eigenvalue weighted by atomic mass is 19.1. The molecule has 1 heterocycles. The van der Waals surface area contributed by atoms with E-state index in [1.807, 2.05) is 13.8 Å². The van der Waals surface area contributed by atoms with Crippen molar-refractivity contribution in [3.63, 3.8) is 0 Å². The van der Waals surface area contributed by atoms with Crippen molar-refractivity contribution in [1.29, 1.82) is 0 Å². The smallest absolute Gasteiger partial charge is 0.165 e. The summed E-state index contributed by atoms with van der Waals surface area (Å²) >= 11 is 0. The number of halogens is 1. The van der Waals surface area contributed by atoms with Crippen LogP contribution in [0.4, 0.5) is 4.39 Å². The lowest BCUT2D eigenvalue weighted by Crippen LogP contribution is -2.29. The summed E-state index contributed by atoms with van der Waals surface area (Å²) in [6.07, 6.45) is 1.69. The van der Waals surface area contributed by atoms with Gasteiger partial charge in [0.1, 0.15) is 5.82 Å². The van der Waals surface area contributed by atoms with Gasteiger partial charge in [0.2, 0.25) is 0 Å². The average molecular weight is 263 g/mol. The zero-order valence-electron chi connectivity index (χ0n) is 11.3. The molecule has 0 saturated carbocycles. The fourth-order valence-corrected chi connectivity index (χ4v) is 1.74. The number of aromatic amines is 1. The number of ether oxygens (including phenoxy) is 1. The van der Waals surface area contributed by atoms with E-state index < -0.39 is 5.82 Å². The Morgan fingerprint density at radius 2 is 2.16 bits per heavy atom. The van der Waals surface area contributed by atoms with E-state index in [0.717, 1.165) is 17.1 Å². The van der Waals surface area contributed by atoms with Crippen LogP contribution < -0.4 is 10.5 Å². The molecule has 2 rings (SSSR count). The fraction of sp³-hybridized carbons (Fsp3) is 0.357. The minimum Gasteiger partial charge on any atom is -0.494 e. The van der Waals surface area contributed by atoms with E-state index in [1.54, 1.807) is 18.3 Å². The summed E-state index contributed by atoms with van der Waals surface area (Å²) in [6.45, 7) is 4.49. The standard InChI is InChI=1S/C14H18FN3O/c1-14(2,8-16)13-17-7-11(18-13)9-4-5-12(19-3)10(15)6-9/h4-7H,8,16H2,1-3H3,(H,17,18). The highest BCUT2D eigenvalue weighted by Gasteiger charge is 2.22. The van der Waals surface area contributed by atoms with Gasteiger partial charge in [-0.05, 0) is 18.2 Å². The lowest BCUT2D eigenvalue weighted by atomic mass is 9.93. The molecule has 0 amide bonds. The Labute approximate surface area is 111 Å². The Morgan fingerprint density at radius 3 is 2.74 bits per heavy atom. The number of rotatable bonds is 4. The number of methoxy groups -OCH3 is 1. The lowest BCUT2D eigenvalue weighted by Gasteiger charge is -2.18. The van der Waals surface area contributed by atoms with Crippen LogP contribution in [0, 0.1) is 5.82 Å². The quantitative estimate of drug-likeness (QED) is 0.890. The van der Waals surface area contributed by atoms with Crippen molar-refractivity contribution in [2.75, 3.05) is 13.7 Å². The third kappa shape index (κ3) is 2.61. The number of benzene rings is 1. The maximum absolute atomic E-state index is 13.7. The Bertz CT molecular complexity index is 578. The van der Waals surface area contributed by atoms with Gasteiger partial charge in [0.05, 0.1) is 19.0 Å². The number of nitrogens with two attached hydrogens (primary N) is 1. The molecule has 0 spiro atoms. The molecule has 4 nitrogen and oxygen atoms in total. The normalized spacial score (nSPS) is 11.6. The fourth-order valence-electron chi connectivity index (χ4n) is 1.74. The van der Waals surface area contributed by atoms with Crippen LogP contribution in [0.15, 0.2) is 24.4 Å². The van der Waals surface area contributed by atoms with E-state index in [1.165, 1.54) is 13.2 Å². The molecule has 0 aliphatic carbocycles. The van der Waals surface area contributed by atoms with Crippen molar-refractivity contribution < 1.29 is 9.13 Å². The van der Waals surface area contributed by atoms with Crippen molar-refractivity contribution in [2.24, 2.45) is 5.73 Å². The van der Waals surface area contributed by atoms with Crippen LogP contribution in [0.3, 0.4) is 0 Å². The molecular weight excluding hydrogens is 245 g/mol. The number of H-pyrrole nitrogens is 1. The first-order valence-corrected chi connectivity index (χ1v) is 6.07. The predicted octanol–water partition coefficient (Wildman–Crippen LogP) is 2.46. The summed E-state index contributed by atoms with van der Waals surface area (Å²) in [5.74, 6) is 0.626. The predicted molar refractivity (Wildman–Crippen MR) is 72.6 cm³/mol. The molecule has 19 heavy (non-hydrogen) atoms. The maximum atomic E-state index is 13.7. The second kappa shape index (κ2) is 5.01. The molecule has 0 atom stereocenters. The van der Waals surface area contributed by atoms with E-state index in [-0.39, 0.29) is 11.2 Å². The van der Waals surface area contributed by atoms with Crippen molar-refractivity contribution >= 4 is 0 Å². The molecule has 102 valence electrons. The van der Waals surface area contributed by atoms with Crippen LogP contribution in [0.5, 0.6) is 5.75 Å². The van der Waals surface area contributed by atoms with Gasteiger partial charge < -0.3 is 15.5 Å². The number of aromatic nitrogens is 2. The maximum Gasteiger partial charge on any atom is 0.165 e. The van der Waals surface area contributed by atoms with Gasteiger partial charge in [-0.15, -0.1) is 0 Å². The van der Waals surface area contributed by atoms with Gasteiger partial charge in [0.15, 0.2) is 11.6 Å². The number of hydrogen-bond acceptors (Lipinski definition) is 3. The number of nitrogens with one attached hydrogen (secondary N) is 1. The van der Waals surface area contributed by atoms with Gasteiger partial charge in [-0.25, -0.2) is 9.37 Å². The molecule has 0 unspecified atom stereocenters. The van der Waals surface area contributed by atoms with E-state index in [0.29, 0.717) is 6.54 Å². The van der Waals surface area contributed by atoms with E-state index in [2.05, 4.69) is 9.97 Å². The molecule has 3 N–H and O–H groups in total. The van der Waals surface area contributed by atoms with Gasteiger partial charge in [-0.3, -0.25) is 0 Å². The van der Waals surface area contributed by atoms with Crippen LogP contribution in [0.1, 0.15) is 19.7 Å². The van der Waals surface area contributed by atoms with Crippen LogP contribution in [-0.2, 0) is 5.41 Å². The van der Waals surface area contributed by atoms with Gasteiger partial charge in [-0.2, -0.15) is 0 Å². The Morgan fingerprint density at radius 1 is 1.42 bits per heavy atom. The number of hydrogen-bond donors (Lipinski definition) is 2. The van der Waals surface area contributed by atoms with Gasteiger partial charge in [0, 0.05) is 17.5 Å². The molecule has 0 bridgehead atoms. The topological polar surface area (TPSA) is 63.9 Å². The first-order chi connectivity index (χ1) is 8.97. The minimum absolute atomic E-state index is 0.228. The Kier molecular flexibility index (Phi) is 3.57. The van der Waals surface area contributed by atoms with Crippen LogP contribution in [-0.4, -0.2) is 23.6 Å². The van der Waals surface area contributed by atoms with Crippen molar-refractivity contribution in [3.8, 4) is 17.0 Å². The SMILES string of the molecule is COc1ccc(-c2cnc(C(C)(C)CN)[nH]2)cc1F. The van der Waals surface area contributed by atoms with Gasteiger partial charge >= 0.3 is 0 Å². The molecular formula is C14H18FN3O. The van der Waals surface area contributed by atoms with E-state index >= 15 is 0 Å². The average Bonchev–Trinajstić information content (AvgIpc) is 2.89. The largest absolute Gasteiger partial charge is 0.494 e. The molecule has 0 fully saturated rings. The number of imidazole rings is 1. The molecule has 0 aliphatic rings. The molecule has 1 aromatic heterocycles. The van der Waals surface area contributed by atoms with Crippen LogP contribution >= 0.6 is 0 Å². The molecule has 0 radical (unpaired) electrons. The summed E-state index contributed by atoms with van der Waals surface area (Å²) in [7, 11) is 1.44. The second-order valence-corrected chi connectivity index (χ2v) is 5.08. The third-order valence-corrected chi connectivity index (χ3v) is 3.19. The molecule has 1 aromatic carbocycles. The Hall–Kier alpha value is -1.88. The summed E-state index contributed by atoms with van der Waals surface area (Å²) in [4.78, 5) is 7.50. The van der Waals surface area contributed by atoms with Gasteiger partial charge in [-0.1, -0.05) is 13.8 Å². The van der Waals surface area contributed by atoms with Crippen LogP contribution in [0.2, 0.25) is 0 Å². The monoisotopic (exact) mass is 263 g/mol. The summed E-state index contributed by atoms with van der Waals surface area (Å²) < 4.78 is 18.6. The lowest BCUT2D eigenvalue weighted by molar-refractivity contribution is 0.386. The zero-order chi connectivity index (χ0) is 14.0. The minimum atomic E-state index is -0.394. The molecule has 0 saturated heterocycles. The summed E-state index contributed by atoms with van der Waals surface area (Å²) in [6, 6.07) is 4.81. The third-order valence-electron chi connectivity index (χ3n) is 3.19. The highest BCUT2D eigenvalue weighted by molar-refractivity contribution is 5.60. The van der Waals surface area contributed by atoms with Crippen molar-refractivity contribution in [3.05, 3.63) is 36.0 Å². The first kappa shape index (κ1) is 13.5. The van der Waals surface area contributed by atoms with E-state index in [4.69, 9.17) is 10.5 Å².